The summed E-state index contributed by atoms with van der Waals surface area (Å²) in [6, 6.07) is 10.8. The maximum Gasteiger partial charge on any atom is 0.192 e. The predicted octanol–water partition coefficient (Wildman–Crippen LogP) is 4.91. The van der Waals surface area contributed by atoms with Crippen molar-refractivity contribution in [3.63, 3.8) is 0 Å². The van der Waals surface area contributed by atoms with E-state index in [-0.39, 0.29) is 11.2 Å². The molecule has 3 nitrogen and oxygen atoms in total. The normalized spacial score (nSPS) is 11.0. The fraction of sp³-hybridized carbons (Fsp3) is 0.286. The second-order valence-electron chi connectivity index (χ2n) is 6.34. The van der Waals surface area contributed by atoms with Gasteiger partial charge in [0.15, 0.2) is 17.0 Å². The molecule has 3 aromatic rings. The molecule has 0 saturated carbocycles. The first-order valence-corrected chi connectivity index (χ1v) is 8.74. The zero-order chi connectivity index (χ0) is 18.5. The van der Waals surface area contributed by atoms with Gasteiger partial charge >= 0.3 is 0 Å². The van der Waals surface area contributed by atoms with Crippen LogP contribution in [-0.2, 0) is 6.42 Å². The van der Waals surface area contributed by atoms with E-state index in [1.807, 2.05) is 31.2 Å². The molecule has 136 valence electrons. The van der Waals surface area contributed by atoms with E-state index >= 15 is 0 Å². The van der Waals surface area contributed by atoms with Crippen LogP contribution in [0.1, 0.15) is 30.5 Å². The lowest BCUT2D eigenvalue weighted by Crippen LogP contribution is -2.11. The number of fused-ring (bicyclic) bond motifs is 1. The van der Waals surface area contributed by atoms with Crippen LogP contribution in [0.15, 0.2) is 47.3 Å². The second-order valence-corrected chi connectivity index (χ2v) is 6.34. The average molecular weight is 357 g/mol. The number of rotatable bonds is 7. The molecule has 5 heteroatoms. The highest BCUT2D eigenvalue weighted by atomic mass is 19.1. The summed E-state index contributed by atoms with van der Waals surface area (Å²) in [4.78, 5) is 15.7. The SMILES string of the molecule is Cc1c(CCCCCOc2ccc(F)cc2F)[nH]c2ccccc2c1=O. The van der Waals surface area contributed by atoms with Crippen LogP contribution in [0.2, 0.25) is 0 Å². The molecule has 1 aromatic heterocycles. The Morgan fingerprint density at radius 1 is 1.04 bits per heavy atom. The number of H-pyrrole nitrogens is 1. The molecule has 0 aliphatic heterocycles. The number of halogens is 2. The molecule has 0 unspecified atom stereocenters. The first-order chi connectivity index (χ1) is 12.6. The third-order valence-electron chi connectivity index (χ3n) is 4.47. The van der Waals surface area contributed by atoms with E-state index < -0.39 is 11.6 Å². The van der Waals surface area contributed by atoms with E-state index in [9.17, 15) is 13.6 Å². The van der Waals surface area contributed by atoms with Gasteiger partial charge in [0.1, 0.15) is 5.82 Å². The molecular weight excluding hydrogens is 336 g/mol. The van der Waals surface area contributed by atoms with Crippen molar-refractivity contribution < 1.29 is 13.5 Å². The summed E-state index contributed by atoms with van der Waals surface area (Å²) < 4.78 is 31.6. The summed E-state index contributed by atoms with van der Waals surface area (Å²) in [5.74, 6) is -1.23. The number of benzene rings is 2. The Bertz CT molecular complexity index is 966. The van der Waals surface area contributed by atoms with Crippen molar-refractivity contribution >= 4 is 10.9 Å². The Labute approximate surface area is 150 Å². The molecule has 0 bridgehead atoms. The van der Waals surface area contributed by atoms with Crippen LogP contribution >= 0.6 is 0 Å². The van der Waals surface area contributed by atoms with Crippen molar-refractivity contribution in [2.75, 3.05) is 6.61 Å². The Balaban J connectivity index is 1.50. The van der Waals surface area contributed by atoms with Crippen molar-refractivity contribution in [3.8, 4) is 5.75 Å². The predicted molar refractivity (Wildman–Crippen MR) is 98.7 cm³/mol. The molecule has 0 atom stereocenters. The summed E-state index contributed by atoms with van der Waals surface area (Å²) >= 11 is 0. The van der Waals surface area contributed by atoms with Crippen LogP contribution in [0, 0.1) is 18.6 Å². The van der Waals surface area contributed by atoms with Crippen LogP contribution in [0.25, 0.3) is 10.9 Å². The minimum Gasteiger partial charge on any atom is -0.491 e. The van der Waals surface area contributed by atoms with Crippen LogP contribution in [0.5, 0.6) is 5.75 Å². The van der Waals surface area contributed by atoms with Gasteiger partial charge in [0.05, 0.1) is 6.61 Å². The van der Waals surface area contributed by atoms with Gasteiger partial charge in [0.25, 0.3) is 0 Å². The number of hydrogen-bond acceptors (Lipinski definition) is 2. The third kappa shape index (κ3) is 4.10. The third-order valence-corrected chi connectivity index (χ3v) is 4.47. The van der Waals surface area contributed by atoms with Gasteiger partial charge in [-0.1, -0.05) is 12.1 Å². The van der Waals surface area contributed by atoms with Gasteiger partial charge in [-0.15, -0.1) is 0 Å². The first kappa shape index (κ1) is 18.1. The molecule has 0 aliphatic rings. The van der Waals surface area contributed by atoms with Gasteiger partial charge in [0, 0.05) is 28.2 Å². The average Bonchev–Trinajstić information content (AvgIpc) is 2.63. The van der Waals surface area contributed by atoms with E-state index in [2.05, 4.69) is 4.98 Å². The lowest BCUT2D eigenvalue weighted by Gasteiger charge is -2.09. The van der Waals surface area contributed by atoms with Gasteiger partial charge in [-0.05, 0) is 56.9 Å². The number of para-hydroxylation sites is 1. The maximum absolute atomic E-state index is 13.5. The van der Waals surface area contributed by atoms with Crippen molar-refractivity contribution in [3.05, 3.63) is 75.6 Å². The molecule has 0 radical (unpaired) electrons. The molecule has 0 aliphatic carbocycles. The highest BCUT2D eigenvalue weighted by Gasteiger charge is 2.08. The molecule has 0 saturated heterocycles. The van der Waals surface area contributed by atoms with Crippen molar-refractivity contribution in [1.82, 2.24) is 4.98 Å². The number of pyridine rings is 1. The van der Waals surface area contributed by atoms with Gasteiger partial charge in [-0.2, -0.15) is 0 Å². The number of aryl methyl sites for hydroxylation is 1. The van der Waals surface area contributed by atoms with E-state index in [4.69, 9.17) is 4.74 Å². The molecule has 2 aromatic carbocycles. The van der Waals surface area contributed by atoms with Crippen LogP contribution in [-0.4, -0.2) is 11.6 Å². The topological polar surface area (TPSA) is 42.1 Å². The van der Waals surface area contributed by atoms with Crippen molar-refractivity contribution in [1.29, 1.82) is 0 Å². The smallest absolute Gasteiger partial charge is 0.192 e. The van der Waals surface area contributed by atoms with Crippen LogP contribution in [0.3, 0.4) is 0 Å². The fourth-order valence-electron chi connectivity index (χ4n) is 2.99. The Morgan fingerprint density at radius 3 is 2.65 bits per heavy atom. The lowest BCUT2D eigenvalue weighted by molar-refractivity contribution is 0.290. The Hall–Kier alpha value is -2.69. The number of hydrogen-bond donors (Lipinski definition) is 1. The lowest BCUT2D eigenvalue weighted by atomic mass is 10.0. The fourth-order valence-corrected chi connectivity index (χ4v) is 2.99. The summed E-state index contributed by atoms with van der Waals surface area (Å²) in [5, 5.41) is 0.712. The standard InChI is InChI=1S/C21H21F2NO2/c1-14-18(24-19-9-5-4-7-16(19)21(14)25)8-3-2-6-12-26-20-11-10-15(22)13-17(20)23/h4-5,7,9-11,13H,2-3,6,8,12H2,1H3,(H,24,25). The highest BCUT2D eigenvalue weighted by molar-refractivity contribution is 5.79. The monoisotopic (exact) mass is 357 g/mol. The summed E-state index contributed by atoms with van der Waals surface area (Å²) in [6.45, 7) is 2.22. The van der Waals surface area contributed by atoms with E-state index in [1.165, 1.54) is 12.1 Å². The van der Waals surface area contributed by atoms with Gasteiger partial charge < -0.3 is 9.72 Å². The van der Waals surface area contributed by atoms with Crippen LogP contribution < -0.4 is 10.2 Å². The number of ether oxygens (including phenoxy) is 1. The van der Waals surface area contributed by atoms with Gasteiger partial charge in [-0.3, -0.25) is 4.79 Å². The molecule has 0 amide bonds. The summed E-state index contributed by atoms with van der Waals surface area (Å²) in [7, 11) is 0. The molecule has 0 fully saturated rings. The van der Waals surface area contributed by atoms with Crippen molar-refractivity contribution in [2.24, 2.45) is 0 Å². The number of aromatic amines is 1. The number of nitrogens with one attached hydrogen (secondary N) is 1. The van der Waals surface area contributed by atoms with E-state index in [0.29, 0.717) is 12.0 Å². The minimum atomic E-state index is -0.686. The minimum absolute atomic E-state index is 0.0705. The summed E-state index contributed by atoms with van der Waals surface area (Å²) in [5.41, 5.74) is 2.64. The van der Waals surface area contributed by atoms with Crippen LogP contribution in [0.4, 0.5) is 8.78 Å². The maximum atomic E-state index is 13.5. The van der Waals surface area contributed by atoms with E-state index in [0.717, 1.165) is 48.5 Å². The second kappa shape index (κ2) is 8.13. The van der Waals surface area contributed by atoms with Gasteiger partial charge in [0.2, 0.25) is 0 Å². The zero-order valence-electron chi connectivity index (χ0n) is 14.6. The molecule has 0 spiro atoms. The Morgan fingerprint density at radius 2 is 1.85 bits per heavy atom. The molecule has 26 heavy (non-hydrogen) atoms. The zero-order valence-corrected chi connectivity index (χ0v) is 14.6. The van der Waals surface area contributed by atoms with Crippen molar-refractivity contribution in [2.45, 2.75) is 32.6 Å². The molecule has 1 heterocycles. The summed E-state index contributed by atoms with van der Waals surface area (Å²) in [6.07, 6.45) is 3.31. The van der Waals surface area contributed by atoms with E-state index in [1.54, 1.807) is 0 Å². The number of unbranched alkanes of at least 4 members (excludes halogenated alkanes) is 2. The first-order valence-electron chi connectivity index (χ1n) is 8.74. The highest BCUT2D eigenvalue weighted by Crippen LogP contribution is 2.18. The number of aromatic nitrogens is 1. The molecular formula is C21H21F2NO2. The Kier molecular flexibility index (Phi) is 5.66. The van der Waals surface area contributed by atoms with Gasteiger partial charge in [-0.25, -0.2) is 8.78 Å². The largest absolute Gasteiger partial charge is 0.491 e. The molecule has 1 N–H and O–H groups in total. The quantitative estimate of drug-likeness (QED) is 0.611. The molecule has 3 rings (SSSR count).